The van der Waals surface area contributed by atoms with E-state index in [1.54, 1.807) is 31.2 Å². The Morgan fingerprint density at radius 1 is 1.33 bits per heavy atom. The lowest BCUT2D eigenvalue weighted by Crippen LogP contribution is -2.40. The lowest BCUT2D eigenvalue weighted by Gasteiger charge is -2.19. The van der Waals surface area contributed by atoms with Crippen LogP contribution in [-0.2, 0) is 15.6 Å². The summed E-state index contributed by atoms with van der Waals surface area (Å²) in [6, 6.07) is 6.14. The smallest absolute Gasteiger partial charge is 0.319 e. The maximum atomic E-state index is 11.8. The van der Waals surface area contributed by atoms with E-state index >= 15 is 0 Å². The van der Waals surface area contributed by atoms with Crippen molar-refractivity contribution >= 4 is 21.6 Å². The second kappa shape index (κ2) is 7.42. The summed E-state index contributed by atoms with van der Waals surface area (Å²) in [6.45, 7) is 3.63. The van der Waals surface area contributed by atoms with Crippen molar-refractivity contribution in [2.75, 3.05) is 18.2 Å². The number of anilines is 1. The number of hydrogen-bond donors (Lipinski definition) is 3. The third-order valence-electron chi connectivity index (χ3n) is 3.11. The Morgan fingerprint density at radius 3 is 2.57 bits per heavy atom. The van der Waals surface area contributed by atoms with E-state index in [0.717, 1.165) is 6.26 Å². The molecule has 2 amide bonds. The van der Waals surface area contributed by atoms with Crippen LogP contribution >= 0.6 is 0 Å². The first-order valence-electron chi connectivity index (χ1n) is 6.66. The molecule has 0 heterocycles. The Bertz CT molecular complexity index is 586. The SMILES string of the molecule is CC(CO)C(C)NC(=O)Nc1cccc(CS(C)(=O)=O)c1. The molecule has 118 valence electrons. The van der Waals surface area contributed by atoms with Crippen molar-refractivity contribution in [1.82, 2.24) is 5.32 Å². The number of aliphatic hydroxyl groups excluding tert-OH is 1. The van der Waals surface area contributed by atoms with Crippen LogP contribution < -0.4 is 10.6 Å². The fourth-order valence-electron chi connectivity index (χ4n) is 1.72. The Hall–Kier alpha value is -1.60. The highest BCUT2D eigenvalue weighted by Gasteiger charge is 2.14. The Morgan fingerprint density at radius 2 is 2.00 bits per heavy atom. The first kappa shape index (κ1) is 17.5. The van der Waals surface area contributed by atoms with Crippen molar-refractivity contribution in [3.63, 3.8) is 0 Å². The van der Waals surface area contributed by atoms with Crippen molar-refractivity contribution in [3.05, 3.63) is 29.8 Å². The van der Waals surface area contributed by atoms with Crippen LogP contribution in [0, 0.1) is 5.92 Å². The summed E-state index contributed by atoms with van der Waals surface area (Å²) in [5, 5.41) is 14.4. The summed E-state index contributed by atoms with van der Waals surface area (Å²) in [4.78, 5) is 11.8. The molecular weight excluding hydrogens is 292 g/mol. The van der Waals surface area contributed by atoms with Crippen LogP contribution in [0.4, 0.5) is 10.5 Å². The third-order valence-corrected chi connectivity index (χ3v) is 3.97. The molecule has 0 saturated heterocycles. The molecule has 2 atom stereocenters. The van der Waals surface area contributed by atoms with Gasteiger partial charge in [-0.3, -0.25) is 0 Å². The van der Waals surface area contributed by atoms with Crippen LogP contribution in [0.1, 0.15) is 19.4 Å². The van der Waals surface area contributed by atoms with Crippen LogP contribution in [0.3, 0.4) is 0 Å². The molecule has 6 nitrogen and oxygen atoms in total. The number of amides is 2. The summed E-state index contributed by atoms with van der Waals surface area (Å²) in [6.07, 6.45) is 1.16. The molecule has 0 fully saturated rings. The highest BCUT2D eigenvalue weighted by molar-refractivity contribution is 7.89. The summed E-state index contributed by atoms with van der Waals surface area (Å²) >= 11 is 0. The van der Waals surface area contributed by atoms with E-state index in [-0.39, 0.29) is 30.4 Å². The number of nitrogens with one attached hydrogen (secondary N) is 2. The fraction of sp³-hybridized carbons (Fsp3) is 0.500. The number of carbonyl (C=O) groups excluding carboxylic acids is 1. The Kier molecular flexibility index (Phi) is 6.17. The molecule has 1 aromatic rings. The van der Waals surface area contributed by atoms with Gasteiger partial charge in [-0.05, 0) is 30.5 Å². The summed E-state index contributed by atoms with van der Waals surface area (Å²) in [7, 11) is -3.11. The normalized spacial score (nSPS) is 14.3. The van der Waals surface area contributed by atoms with Gasteiger partial charge < -0.3 is 15.7 Å². The fourth-order valence-corrected chi connectivity index (χ4v) is 2.50. The molecule has 21 heavy (non-hydrogen) atoms. The number of hydrogen-bond acceptors (Lipinski definition) is 4. The van der Waals surface area contributed by atoms with Gasteiger partial charge in [-0.2, -0.15) is 0 Å². The van der Waals surface area contributed by atoms with Crippen molar-refractivity contribution in [1.29, 1.82) is 0 Å². The van der Waals surface area contributed by atoms with Gasteiger partial charge >= 0.3 is 6.03 Å². The van der Waals surface area contributed by atoms with Crippen LogP contribution in [0.15, 0.2) is 24.3 Å². The molecule has 0 aromatic heterocycles. The van der Waals surface area contributed by atoms with Gasteiger partial charge in [-0.1, -0.05) is 19.1 Å². The van der Waals surface area contributed by atoms with Crippen LogP contribution in [-0.4, -0.2) is 38.5 Å². The first-order chi connectivity index (χ1) is 9.71. The van der Waals surface area contributed by atoms with E-state index in [1.165, 1.54) is 0 Å². The summed E-state index contributed by atoms with van der Waals surface area (Å²) in [5.74, 6) is -0.116. The van der Waals surface area contributed by atoms with Gasteiger partial charge in [0.1, 0.15) is 0 Å². The molecule has 0 aliphatic carbocycles. The van der Waals surface area contributed by atoms with Gasteiger partial charge in [0, 0.05) is 24.6 Å². The average molecular weight is 314 g/mol. The second-order valence-electron chi connectivity index (χ2n) is 5.32. The third kappa shape index (κ3) is 6.59. The van der Waals surface area contributed by atoms with Crippen LogP contribution in [0.2, 0.25) is 0 Å². The minimum atomic E-state index is -3.11. The van der Waals surface area contributed by atoms with Crippen molar-refractivity contribution in [2.45, 2.75) is 25.6 Å². The zero-order chi connectivity index (χ0) is 16.0. The van der Waals surface area contributed by atoms with E-state index in [1.807, 2.05) is 6.92 Å². The first-order valence-corrected chi connectivity index (χ1v) is 8.72. The minimum absolute atomic E-state index is 0.00864. The molecule has 0 spiro atoms. The molecule has 0 radical (unpaired) electrons. The zero-order valence-electron chi connectivity index (χ0n) is 12.5. The van der Waals surface area contributed by atoms with Crippen molar-refractivity contribution in [2.24, 2.45) is 5.92 Å². The Balaban J connectivity index is 2.66. The number of sulfone groups is 1. The number of aliphatic hydroxyl groups is 1. The van der Waals surface area contributed by atoms with Gasteiger partial charge in [0.05, 0.1) is 5.75 Å². The number of carbonyl (C=O) groups is 1. The highest BCUT2D eigenvalue weighted by Crippen LogP contribution is 2.13. The largest absolute Gasteiger partial charge is 0.396 e. The van der Waals surface area contributed by atoms with E-state index in [4.69, 9.17) is 5.11 Å². The molecule has 0 bridgehead atoms. The monoisotopic (exact) mass is 314 g/mol. The summed E-state index contributed by atoms with van der Waals surface area (Å²) in [5.41, 5.74) is 1.14. The topological polar surface area (TPSA) is 95.5 Å². The average Bonchev–Trinajstić information content (AvgIpc) is 2.35. The molecule has 0 saturated carbocycles. The Labute approximate surface area is 125 Å². The van der Waals surface area contributed by atoms with Crippen molar-refractivity contribution in [3.8, 4) is 0 Å². The molecule has 1 rings (SSSR count). The van der Waals surface area contributed by atoms with E-state index < -0.39 is 9.84 Å². The maximum absolute atomic E-state index is 11.8. The van der Waals surface area contributed by atoms with E-state index in [0.29, 0.717) is 11.3 Å². The molecule has 1 aromatic carbocycles. The van der Waals surface area contributed by atoms with Crippen LogP contribution in [0.25, 0.3) is 0 Å². The highest BCUT2D eigenvalue weighted by atomic mass is 32.2. The van der Waals surface area contributed by atoms with E-state index in [2.05, 4.69) is 10.6 Å². The quantitative estimate of drug-likeness (QED) is 0.739. The molecule has 2 unspecified atom stereocenters. The number of benzene rings is 1. The van der Waals surface area contributed by atoms with Gasteiger partial charge in [-0.15, -0.1) is 0 Å². The van der Waals surface area contributed by atoms with Crippen molar-refractivity contribution < 1.29 is 18.3 Å². The molecule has 0 aliphatic heterocycles. The lowest BCUT2D eigenvalue weighted by atomic mass is 10.1. The molecule has 7 heteroatoms. The number of urea groups is 1. The predicted octanol–water partition coefficient (Wildman–Crippen LogP) is 1.37. The maximum Gasteiger partial charge on any atom is 0.319 e. The molecule has 3 N–H and O–H groups in total. The van der Waals surface area contributed by atoms with Crippen LogP contribution in [0.5, 0.6) is 0 Å². The van der Waals surface area contributed by atoms with Gasteiger partial charge in [0.15, 0.2) is 9.84 Å². The predicted molar refractivity (Wildman–Crippen MR) is 82.9 cm³/mol. The summed E-state index contributed by atoms with van der Waals surface area (Å²) < 4.78 is 22.5. The van der Waals surface area contributed by atoms with Gasteiger partial charge in [0.25, 0.3) is 0 Å². The lowest BCUT2D eigenvalue weighted by molar-refractivity contribution is 0.204. The minimum Gasteiger partial charge on any atom is -0.396 e. The zero-order valence-corrected chi connectivity index (χ0v) is 13.3. The molecular formula is C14H22N2O4S. The van der Waals surface area contributed by atoms with Gasteiger partial charge in [0.2, 0.25) is 0 Å². The molecule has 0 aliphatic rings. The number of rotatable bonds is 6. The second-order valence-corrected chi connectivity index (χ2v) is 7.46. The standard InChI is InChI=1S/C14H22N2O4S/c1-10(8-17)11(2)15-14(18)16-13-6-4-5-12(7-13)9-21(3,19)20/h4-7,10-11,17H,8-9H2,1-3H3,(H2,15,16,18). The van der Waals surface area contributed by atoms with Gasteiger partial charge in [-0.25, -0.2) is 13.2 Å². The van der Waals surface area contributed by atoms with E-state index in [9.17, 15) is 13.2 Å².